The number of allylic oxidation sites excluding steroid dienone is 3. The fourth-order valence-electron chi connectivity index (χ4n) is 10.5. The second-order valence-electron chi connectivity index (χ2n) is 22.5. The van der Waals surface area contributed by atoms with E-state index in [-0.39, 0.29) is 12.5 Å². The lowest BCUT2D eigenvalue weighted by Gasteiger charge is -2.20. The zero-order chi connectivity index (χ0) is 50.6. The average Bonchev–Trinajstić information content (AvgIpc) is 3.36. The number of unbranched alkanes of at least 4 members (excludes halogenated alkanes) is 52. The lowest BCUT2D eigenvalue weighted by Crippen LogP contribution is -2.45. The molecule has 0 aromatic heterocycles. The van der Waals surface area contributed by atoms with Crippen molar-refractivity contribution in [2.45, 2.75) is 386 Å². The van der Waals surface area contributed by atoms with Gasteiger partial charge < -0.3 is 15.5 Å². The van der Waals surface area contributed by atoms with Gasteiger partial charge in [0.15, 0.2) is 0 Å². The van der Waals surface area contributed by atoms with E-state index in [2.05, 4.69) is 31.3 Å². The summed E-state index contributed by atoms with van der Waals surface area (Å²) >= 11 is 0. The van der Waals surface area contributed by atoms with E-state index in [9.17, 15) is 15.0 Å². The predicted octanol–water partition coefficient (Wildman–Crippen LogP) is 21.8. The summed E-state index contributed by atoms with van der Waals surface area (Å²) < 4.78 is 0. The van der Waals surface area contributed by atoms with E-state index in [4.69, 9.17) is 0 Å². The maximum Gasteiger partial charge on any atom is 0.220 e. The number of nitrogens with one attached hydrogen (secondary N) is 1. The van der Waals surface area contributed by atoms with Gasteiger partial charge in [0, 0.05) is 6.42 Å². The molecule has 0 saturated carbocycles. The monoisotopic (exact) mass is 984 g/mol. The van der Waals surface area contributed by atoms with E-state index in [0.29, 0.717) is 6.42 Å². The first-order chi connectivity index (χ1) is 34.7. The molecular weight excluding hydrogens is 855 g/mol. The van der Waals surface area contributed by atoms with Crippen molar-refractivity contribution in [3.8, 4) is 0 Å². The molecule has 0 aliphatic heterocycles. The molecule has 0 spiro atoms. The molecule has 2 atom stereocenters. The first-order valence-corrected chi connectivity index (χ1v) is 32.6. The topological polar surface area (TPSA) is 69.6 Å². The van der Waals surface area contributed by atoms with Crippen LogP contribution in [0.5, 0.6) is 0 Å². The molecule has 3 N–H and O–H groups in total. The van der Waals surface area contributed by atoms with Crippen LogP contribution in [0.2, 0.25) is 0 Å². The van der Waals surface area contributed by atoms with E-state index in [1.54, 1.807) is 6.08 Å². The number of carbonyl (C=O) groups is 1. The molecule has 0 rings (SSSR count). The zero-order valence-corrected chi connectivity index (χ0v) is 48.1. The summed E-state index contributed by atoms with van der Waals surface area (Å²) in [6.45, 7) is 4.36. The molecule has 70 heavy (non-hydrogen) atoms. The molecule has 0 fully saturated rings. The van der Waals surface area contributed by atoms with Crippen LogP contribution >= 0.6 is 0 Å². The highest BCUT2D eigenvalue weighted by molar-refractivity contribution is 5.76. The third-order valence-electron chi connectivity index (χ3n) is 15.4. The van der Waals surface area contributed by atoms with Gasteiger partial charge in [-0.1, -0.05) is 346 Å². The van der Waals surface area contributed by atoms with Gasteiger partial charge in [-0.2, -0.15) is 0 Å². The van der Waals surface area contributed by atoms with Crippen LogP contribution in [-0.2, 0) is 4.79 Å². The number of amides is 1. The van der Waals surface area contributed by atoms with Crippen LogP contribution in [0.1, 0.15) is 373 Å². The molecular formula is C66H129NO3. The van der Waals surface area contributed by atoms with Crippen molar-refractivity contribution in [3.05, 3.63) is 24.3 Å². The van der Waals surface area contributed by atoms with Gasteiger partial charge in [0.25, 0.3) is 0 Å². The molecule has 0 aliphatic rings. The Morgan fingerprint density at radius 3 is 0.786 bits per heavy atom. The third kappa shape index (κ3) is 57.8. The Morgan fingerprint density at radius 2 is 0.543 bits per heavy atom. The van der Waals surface area contributed by atoms with E-state index in [0.717, 1.165) is 25.7 Å². The minimum Gasteiger partial charge on any atom is -0.394 e. The number of aliphatic hydroxyl groups is 2. The molecule has 0 saturated heterocycles. The van der Waals surface area contributed by atoms with Crippen LogP contribution in [0.15, 0.2) is 24.3 Å². The Labute approximate surface area is 440 Å². The van der Waals surface area contributed by atoms with Gasteiger partial charge in [0.1, 0.15) is 0 Å². The van der Waals surface area contributed by atoms with Gasteiger partial charge >= 0.3 is 0 Å². The summed E-state index contributed by atoms with van der Waals surface area (Å²) in [5.74, 6) is -0.0554. The maximum atomic E-state index is 12.5. The molecule has 0 radical (unpaired) electrons. The van der Waals surface area contributed by atoms with Gasteiger partial charge in [-0.15, -0.1) is 0 Å². The Hall–Kier alpha value is -1.13. The van der Waals surface area contributed by atoms with E-state index in [1.165, 1.54) is 327 Å². The van der Waals surface area contributed by atoms with Gasteiger partial charge in [-0.25, -0.2) is 0 Å². The number of hydrogen-bond acceptors (Lipinski definition) is 3. The molecule has 2 unspecified atom stereocenters. The highest BCUT2D eigenvalue weighted by atomic mass is 16.3. The number of rotatable bonds is 61. The second kappa shape index (κ2) is 62.2. The smallest absolute Gasteiger partial charge is 0.220 e. The minimum atomic E-state index is -0.838. The molecule has 4 heteroatoms. The standard InChI is InChI=1S/C66H129NO3/c1-3-5-7-9-11-13-15-17-19-21-23-25-27-29-31-32-33-34-36-38-40-42-44-46-48-50-52-54-56-58-60-62-66(70)67-64(63-68)65(69)61-59-57-55-53-51-49-47-45-43-41-39-37-35-30-28-26-24-22-20-18-16-14-12-10-8-6-4-2/h21,23,59,61,64-65,68-69H,3-20,22,24-58,60,62-63H2,1-2H3,(H,67,70)/b23-21-,61-59+. The maximum absolute atomic E-state index is 12.5. The normalized spacial score (nSPS) is 12.8. The van der Waals surface area contributed by atoms with Gasteiger partial charge in [-0.3, -0.25) is 4.79 Å². The summed E-state index contributed by atoms with van der Waals surface area (Å²) in [6.07, 6.45) is 83.9. The van der Waals surface area contributed by atoms with Crippen LogP contribution in [0.25, 0.3) is 0 Å². The Kier molecular flexibility index (Phi) is 61.2. The summed E-state index contributed by atoms with van der Waals surface area (Å²) in [5, 5.41) is 23.3. The molecule has 0 aromatic carbocycles. The molecule has 1 amide bonds. The van der Waals surface area contributed by atoms with Crippen molar-refractivity contribution in [3.63, 3.8) is 0 Å². The highest BCUT2D eigenvalue weighted by Crippen LogP contribution is 2.19. The number of aliphatic hydroxyl groups excluding tert-OH is 2. The summed E-state index contributed by atoms with van der Waals surface area (Å²) in [7, 11) is 0. The van der Waals surface area contributed by atoms with Crippen LogP contribution in [0, 0.1) is 0 Å². The Balaban J connectivity index is 3.42. The van der Waals surface area contributed by atoms with Crippen LogP contribution < -0.4 is 5.32 Å². The molecule has 4 nitrogen and oxygen atoms in total. The molecule has 0 bridgehead atoms. The van der Waals surface area contributed by atoms with Crippen LogP contribution in [0.3, 0.4) is 0 Å². The lowest BCUT2D eigenvalue weighted by atomic mass is 10.0. The first-order valence-electron chi connectivity index (χ1n) is 32.6. The van der Waals surface area contributed by atoms with E-state index in [1.807, 2.05) is 6.08 Å². The minimum absolute atomic E-state index is 0.0554. The Morgan fingerprint density at radius 1 is 0.329 bits per heavy atom. The van der Waals surface area contributed by atoms with E-state index < -0.39 is 12.1 Å². The first kappa shape index (κ1) is 68.9. The molecule has 0 heterocycles. The largest absolute Gasteiger partial charge is 0.394 e. The van der Waals surface area contributed by atoms with Crippen molar-refractivity contribution in [2.75, 3.05) is 6.61 Å². The predicted molar refractivity (Wildman–Crippen MR) is 313 cm³/mol. The summed E-state index contributed by atoms with van der Waals surface area (Å²) in [5.41, 5.74) is 0. The zero-order valence-electron chi connectivity index (χ0n) is 48.1. The highest BCUT2D eigenvalue weighted by Gasteiger charge is 2.18. The van der Waals surface area contributed by atoms with Crippen molar-refractivity contribution < 1.29 is 15.0 Å². The van der Waals surface area contributed by atoms with E-state index >= 15 is 0 Å². The third-order valence-corrected chi connectivity index (χ3v) is 15.4. The fourth-order valence-corrected chi connectivity index (χ4v) is 10.5. The number of carbonyl (C=O) groups excluding carboxylic acids is 1. The van der Waals surface area contributed by atoms with Crippen LogP contribution in [0.4, 0.5) is 0 Å². The molecule has 0 aliphatic carbocycles. The molecule has 416 valence electrons. The fraction of sp³-hybridized carbons (Fsp3) is 0.924. The van der Waals surface area contributed by atoms with Crippen molar-refractivity contribution >= 4 is 5.91 Å². The molecule has 0 aromatic rings. The summed E-state index contributed by atoms with van der Waals surface area (Å²) in [6, 6.07) is -0.621. The Bertz CT molecular complexity index is 1020. The van der Waals surface area contributed by atoms with Crippen molar-refractivity contribution in [2.24, 2.45) is 0 Å². The van der Waals surface area contributed by atoms with Crippen molar-refractivity contribution in [1.29, 1.82) is 0 Å². The SMILES string of the molecule is CCCCCCCCCC/C=C\CCCCCCCCCCCCCCCCCCCCCC(=O)NC(CO)C(O)/C=C/CCCCCCCCCCCCCCCCCCCCCCCCCCC. The van der Waals surface area contributed by atoms with Crippen molar-refractivity contribution in [1.82, 2.24) is 5.32 Å². The van der Waals surface area contributed by atoms with Gasteiger partial charge in [0.05, 0.1) is 18.8 Å². The average molecular weight is 985 g/mol. The second-order valence-corrected chi connectivity index (χ2v) is 22.5. The summed E-state index contributed by atoms with van der Waals surface area (Å²) in [4.78, 5) is 12.5. The lowest BCUT2D eigenvalue weighted by molar-refractivity contribution is -0.123. The van der Waals surface area contributed by atoms with Gasteiger partial charge in [-0.05, 0) is 44.9 Å². The quantitative estimate of drug-likeness (QED) is 0.0420. The van der Waals surface area contributed by atoms with Gasteiger partial charge in [0.2, 0.25) is 5.91 Å². The van der Waals surface area contributed by atoms with Crippen LogP contribution in [-0.4, -0.2) is 34.9 Å². The number of hydrogen-bond donors (Lipinski definition) is 3.